The van der Waals surface area contributed by atoms with E-state index in [1.54, 1.807) is 0 Å². The van der Waals surface area contributed by atoms with E-state index in [1.807, 2.05) is 0 Å². The van der Waals surface area contributed by atoms with Crippen molar-refractivity contribution < 1.29 is 0 Å². The van der Waals surface area contributed by atoms with Crippen LogP contribution in [0.15, 0.2) is 158 Å². The predicted octanol–water partition coefficient (Wildman–Crippen LogP) is 21.0. The molecule has 2 unspecified atom stereocenters. The van der Waals surface area contributed by atoms with Crippen LogP contribution in [0.25, 0.3) is 11.1 Å². The van der Waals surface area contributed by atoms with Gasteiger partial charge in [-0.1, -0.05) is 248 Å². The maximum atomic E-state index is 2.90. The van der Waals surface area contributed by atoms with E-state index in [2.05, 4.69) is 311 Å². The SMILES string of the molecule is CC(C)(C)c1ccc(C23CCCCC2(C)N(c2cc4c5c(c2)N(c2ccc(C(C)(C)C)cc2-c2ccccc2)c2cc6c(cc2B5c2ccc(C(C)(C)C)cc2N4c2cccc(C(C)(C)C)c2)C(C)(C)CCC6(C)C)c2ccc(C(C)(C)C)cc23)cc1. The van der Waals surface area contributed by atoms with E-state index in [4.69, 9.17) is 0 Å². The molecule has 0 amide bonds. The van der Waals surface area contributed by atoms with Crippen molar-refractivity contribution in [1.29, 1.82) is 0 Å². The fourth-order valence-corrected chi connectivity index (χ4v) is 16.5. The summed E-state index contributed by atoms with van der Waals surface area (Å²) in [6, 6.07) is 64.3. The van der Waals surface area contributed by atoms with Crippen LogP contribution in [0.1, 0.15) is 227 Å². The molecule has 0 radical (unpaired) electrons. The molecule has 0 bridgehead atoms. The molecule has 13 rings (SSSR count). The van der Waals surface area contributed by atoms with E-state index in [0.29, 0.717) is 0 Å². The molecule has 3 aliphatic heterocycles. The Bertz CT molecular complexity index is 4050. The Hall–Kier alpha value is -6.78. The summed E-state index contributed by atoms with van der Waals surface area (Å²) in [5.41, 5.74) is 28.5. The van der Waals surface area contributed by atoms with Crippen LogP contribution in [0.3, 0.4) is 0 Å². The topological polar surface area (TPSA) is 9.72 Å². The predicted molar refractivity (Wildman–Crippen MR) is 377 cm³/mol. The standard InChI is InChI=1S/C83H98BN3/c1-75(2,3)54-31-33-55(34-32-54)83-42-25-24-41-82(83,20)87(69-40-37-58(47-65(69)83)78(10,11)12)61-49-72-74-73(50-61)86(68-39-36-57(77(7,8)9)46-62(68)53-27-22-21-23-28-53)71-52-64-63(80(16,17)43-44-81(64,18)19)51-67(71)84(74)66-38-35-59(79(13,14)15)48-70(66)85(72)60-30-26-29-56(45-60)76(4,5)6/h21-23,26-40,45-52H,24-25,41-44H2,1-20H3. The van der Waals surface area contributed by atoms with E-state index < -0.39 is 0 Å². The summed E-state index contributed by atoms with van der Waals surface area (Å²) < 4.78 is 0. The van der Waals surface area contributed by atoms with E-state index in [0.717, 1.165) is 25.7 Å². The average molecular weight is 1150 g/mol. The Morgan fingerprint density at radius 1 is 0.356 bits per heavy atom. The summed E-state index contributed by atoms with van der Waals surface area (Å²) in [7, 11) is 0. The first-order chi connectivity index (χ1) is 40.6. The lowest BCUT2D eigenvalue weighted by Gasteiger charge is -2.53. The van der Waals surface area contributed by atoms with Crippen LogP contribution in [-0.2, 0) is 43.3 Å². The lowest BCUT2D eigenvalue weighted by atomic mass is 9.33. The van der Waals surface area contributed by atoms with Gasteiger partial charge in [0.25, 0.3) is 6.71 Å². The Labute approximate surface area is 525 Å². The van der Waals surface area contributed by atoms with Gasteiger partial charge in [0.1, 0.15) is 0 Å². The molecule has 448 valence electrons. The summed E-state index contributed by atoms with van der Waals surface area (Å²) >= 11 is 0. The molecule has 0 N–H and O–H groups in total. The molecule has 1 saturated carbocycles. The van der Waals surface area contributed by atoms with Crippen LogP contribution >= 0.6 is 0 Å². The number of anilines is 8. The molecular weight excluding hydrogens is 1050 g/mol. The first kappa shape index (κ1) is 59.2. The Balaban J connectivity index is 1.21. The molecule has 87 heavy (non-hydrogen) atoms. The summed E-state index contributed by atoms with van der Waals surface area (Å²) in [6.45, 7) is 48.2. The molecule has 3 heterocycles. The molecule has 8 aromatic carbocycles. The van der Waals surface area contributed by atoms with Crippen molar-refractivity contribution in [3.63, 3.8) is 0 Å². The number of rotatable bonds is 5. The van der Waals surface area contributed by atoms with Gasteiger partial charge in [-0.3, -0.25) is 0 Å². The van der Waals surface area contributed by atoms with Crippen LogP contribution in [0.4, 0.5) is 45.5 Å². The zero-order valence-corrected chi connectivity index (χ0v) is 56.7. The van der Waals surface area contributed by atoms with Crippen molar-refractivity contribution in [2.45, 2.75) is 226 Å². The number of hydrogen-bond acceptors (Lipinski definition) is 3. The normalized spacial score (nSPS) is 20.3. The second-order valence-electron chi connectivity index (χ2n) is 33.9. The van der Waals surface area contributed by atoms with Crippen LogP contribution in [-0.4, -0.2) is 12.3 Å². The lowest BCUT2D eigenvalue weighted by molar-refractivity contribution is 0.215. The van der Waals surface area contributed by atoms with Gasteiger partial charge in [-0.2, -0.15) is 0 Å². The zero-order valence-electron chi connectivity index (χ0n) is 56.7. The maximum absolute atomic E-state index is 2.90. The van der Waals surface area contributed by atoms with Gasteiger partial charge in [-0.15, -0.1) is 0 Å². The number of nitrogens with zero attached hydrogens (tertiary/aromatic N) is 3. The van der Waals surface area contributed by atoms with Crippen molar-refractivity contribution in [2.24, 2.45) is 0 Å². The van der Waals surface area contributed by atoms with Gasteiger partial charge in [-0.25, -0.2) is 0 Å². The van der Waals surface area contributed by atoms with Gasteiger partial charge in [0.05, 0.1) is 11.2 Å². The first-order valence-electron chi connectivity index (χ1n) is 33.1. The number of hydrogen-bond donors (Lipinski definition) is 0. The van der Waals surface area contributed by atoms with Gasteiger partial charge in [0.15, 0.2) is 0 Å². The first-order valence-corrected chi connectivity index (χ1v) is 33.1. The largest absolute Gasteiger partial charge is 0.334 e. The monoisotopic (exact) mass is 1150 g/mol. The van der Waals surface area contributed by atoms with E-state index in [1.165, 1.54) is 136 Å². The summed E-state index contributed by atoms with van der Waals surface area (Å²) in [5.74, 6) is 0. The highest BCUT2D eigenvalue weighted by Crippen LogP contribution is 2.65. The third-order valence-corrected chi connectivity index (χ3v) is 22.0. The van der Waals surface area contributed by atoms with Gasteiger partial charge in [0, 0.05) is 50.8 Å². The molecule has 3 nitrogen and oxygen atoms in total. The molecule has 5 aliphatic rings. The van der Waals surface area contributed by atoms with Crippen molar-refractivity contribution in [1.82, 2.24) is 0 Å². The Kier molecular flexibility index (Phi) is 13.3. The molecular formula is C83H98BN3. The van der Waals surface area contributed by atoms with Gasteiger partial charge in [0.2, 0.25) is 0 Å². The molecule has 0 saturated heterocycles. The third kappa shape index (κ3) is 9.31. The number of benzene rings is 8. The quantitative estimate of drug-likeness (QED) is 0.159. The molecule has 8 aromatic rings. The summed E-state index contributed by atoms with van der Waals surface area (Å²) in [5, 5.41) is 0. The fraction of sp³-hybridized carbons (Fsp3) is 0.422. The molecule has 0 spiro atoms. The maximum Gasteiger partial charge on any atom is 0.252 e. The minimum absolute atomic E-state index is 0.000737. The van der Waals surface area contributed by atoms with Crippen LogP contribution < -0.4 is 31.1 Å². The number of fused-ring (bicyclic) bond motifs is 8. The summed E-state index contributed by atoms with van der Waals surface area (Å²) in [4.78, 5) is 8.39. The minimum Gasteiger partial charge on any atom is -0.334 e. The van der Waals surface area contributed by atoms with Crippen LogP contribution in [0.2, 0.25) is 0 Å². The van der Waals surface area contributed by atoms with Crippen molar-refractivity contribution in [3.8, 4) is 11.1 Å². The minimum atomic E-state index is -0.327. The molecule has 4 heteroatoms. The molecule has 2 aliphatic carbocycles. The second-order valence-corrected chi connectivity index (χ2v) is 33.9. The van der Waals surface area contributed by atoms with Gasteiger partial charge in [-0.05, 0) is 197 Å². The average Bonchev–Trinajstić information content (AvgIpc) is 1.70. The Morgan fingerprint density at radius 2 is 0.874 bits per heavy atom. The highest BCUT2D eigenvalue weighted by Gasteiger charge is 2.62. The lowest BCUT2D eigenvalue weighted by Crippen LogP contribution is -2.62. The zero-order chi connectivity index (χ0) is 62.1. The van der Waals surface area contributed by atoms with E-state index in [9.17, 15) is 0 Å². The van der Waals surface area contributed by atoms with Crippen LogP contribution in [0, 0.1) is 0 Å². The fourth-order valence-electron chi connectivity index (χ4n) is 16.5. The van der Waals surface area contributed by atoms with E-state index >= 15 is 0 Å². The van der Waals surface area contributed by atoms with Gasteiger partial charge >= 0.3 is 0 Å². The smallest absolute Gasteiger partial charge is 0.252 e. The molecule has 2 atom stereocenters. The highest BCUT2D eigenvalue weighted by molar-refractivity contribution is 7.00. The third-order valence-electron chi connectivity index (χ3n) is 22.0. The van der Waals surface area contributed by atoms with Crippen molar-refractivity contribution >= 4 is 68.6 Å². The summed E-state index contributed by atoms with van der Waals surface area (Å²) in [6.07, 6.45) is 6.79. The Morgan fingerprint density at radius 3 is 1.49 bits per heavy atom. The van der Waals surface area contributed by atoms with Gasteiger partial charge < -0.3 is 14.7 Å². The van der Waals surface area contributed by atoms with Crippen LogP contribution in [0.5, 0.6) is 0 Å². The van der Waals surface area contributed by atoms with Crippen molar-refractivity contribution in [3.05, 3.63) is 208 Å². The molecule has 0 aromatic heterocycles. The van der Waals surface area contributed by atoms with Crippen molar-refractivity contribution in [2.75, 3.05) is 14.7 Å². The highest BCUT2D eigenvalue weighted by atomic mass is 15.3. The second kappa shape index (κ2) is 19.6. The van der Waals surface area contributed by atoms with E-state index in [-0.39, 0.29) is 55.6 Å². The molecule has 1 fully saturated rings.